The van der Waals surface area contributed by atoms with E-state index in [0.29, 0.717) is 41.4 Å². The van der Waals surface area contributed by atoms with Crippen LogP contribution in [-0.2, 0) is 30.5 Å². The minimum absolute atomic E-state index is 0.102. The molecule has 3 aliphatic rings. The summed E-state index contributed by atoms with van der Waals surface area (Å²) in [5, 5.41) is 3.37. The van der Waals surface area contributed by atoms with Crippen molar-refractivity contribution in [2.45, 2.75) is 81.9 Å². The minimum atomic E-state index is -3.55. The number of imidazole rings is 1. The number of carbonyl (C=O) groups excluding carboxylic acids is 1. The van der Waals surface area contributed by atoms with Crippen LogP contribution in [0.25, 0.3) is 11.2 Å². The van der Waals surface area contributed by atoms with Crippen molar-refractivity contribution in [2.24, 2.45) is 5.92 Å². The number of Topliss-reactive ketones (excluding diaryl/α,β-unsaturated/α-hetero) is 1. The number of ether oxygens (including phenoxy) is 2. The summed E-state index contributed by atoms with van der Waals surface area (Å²) in [5.41, 5.74) is 3.88. The molecule has 1 aliphatic carbocycles. The van der Waals surface area contributed by atoms with Crippen molar-refractivity contribution in [1.82, 2.24) is 14.5 Å². The SMILES string of the molecule is Cc1nc2c(Nc3ccc(C4CCCCO4)cc3S(C)(=O)=O)cc(CC(=O)C3CC3)nc2n1C1CCCCO1. The first-order valence-corrected chi connectivity index (χ1v) is 15.9. The number of aromatic nitrogens is 3. The molecule has 2 saturated heterocycles. The Hall–Kier alpha value is -2.82. The highest BCUT2D eigenvalue weighted by atomic mass is 32.2. The van der Waals surface area contributed by atoms with Gasteiger partial charge in [0.15, 0.2) is 15.5 Å². The Labute approximate surface area is 229 Å². The first-order valence-electron chi connectivity index (χ1n) is 14.0. The van der Waals surface area contributed by atoms with Crippen LogP contribution in [0.1, 0.15) is 80.8 Å². The second kappa shape index (κ2) is 10.6. The van der Waals surface area contributed by atoms with Crippen LogP contribution in [0.15, 0.2) is 29.2 Å². The number of carbonyl (C=O) groups is 1. The van der Waals surface area contributed by atoms with Gasteiger partial charge in [-0.25, -0.2) is 18.4 Å². The van der Waals surface area contributed by atoms with E-state index in [-0.39, 0.29) is 35.3 Å². The topological polar surface area (TPSA) is 112 Å². The fourth-order valence-electron chi connectivity index (χ4n) is 5.71. The van der Waals surface area contributed by atoms with Crippen molar-refractivity contribution in [2.75, 3.05) is 24.8 Å². The van der Waals surface area contributed by atoms with Crippen molar-refractivity contribution >= 4 is 38.2 Å². The maximum absolute atomic E-state index is 12.9. The van der Waals surface area contributed by atoms with Crippen molar-refractivity contribution < 1.29 is 22.7 Å². The number of nitrogens with one attached hydrogen (secondary N) is 1. The summed E-state index contributed by atoms with van der Waals surface area (Å²) >= 11 is 0. The molecule has 2 aliphatic heterocycles. The molecule has 0 bridgehead atoms. The number of anilines is 2. The molecule has 3 aromatic rings. The third-order valence-electron chi connectivity index (χ3n) is 7.94. The minimum Gasteiger partial charge on any atom is -0.374 e. The molecule has 208 valence electrons. The van der Waals surface area contributed by atoms with Crippen LogP contribution in [-0.4, -0.2) is 48.2 Å². The fraction of sp³-hybridized carbons (Fsp3) is 0.552. The molecule has 0 amide bonds. The van der Waals surface area contributed by atoms with Crippen molar-refractivity contribution in [1.29, 1.82) is 0 Å². The van der Waals surface area contributed by atoms with Crippen molar-refractivity contribution in [3.05, 3.63) is 41.3 Å². The van der Waals surface area contributed by atoms with Crippen LogP contribution < -0.4 is 5.32 Å². The lowest BCUT2D eigenvalue weighted by Gasteiger charge is -2.25. The molecule has 2 unspecified atom stereocenters. The van der Waals surface area contributed by atoms with E-state index in [9.17, 15) is 13.2 Å². The molecule has 0 spiro atoms. The Morgan fingerprint density at radius 3 is 2.44 bits per heavy atom. The number of sulfone groups is 1. The molecule has 39 heavy (non-hydrogen) atoms. The molecule has 3 fully saturated rings. The number of aryl methyl sites for hydroxylation is 1. The number of rotatable bonds is 8. The molecule has 4 heterocycles. The second-order valence-electron chi connectivity index (χ2n) is 11.1. The Balaban J connectivity index is 1.43. The summed E-state index contributed by atoms with van der Waals surface area (Å²) in [6.07, 6.45) is 8.98. The number of nitrogens with zero attached hydrogens (tertiary/aromatic N) is 3. The van der Waals surface area contributed by atoms with Gasteiger partial charge in [0, 0.05) is 31.8 Å². The van der Waals surface area contributed by atoms with E-state index in [1.54, 1.807) is 12.1 Å². The molecule has 1 N–H and O–H groups in total. The van der Waals surface area contributed by atoms with Crippen LogP contribution in [0, 0.1) is 12.8 Å². The molecule has 0 radical (unpaired) electrons. The van der Waals surface area contributed by atoms with E-state index < -0.39 is 9.84 Å². The monoisotopic (exact) mass is 552 g/mol. The Morgan fingerprint density at radius 2 is 1.77 bits per heavy atom. The van der Waals surface area contributed by atoms with Gasteiger partial charge in [-0.15, -0.1) is 0 Å². The van der Waals surface area contributed by atoms with Gasteiger partial charge in [0.25, 0.3) is 0 Å². The summed E-state index contributed by atoms with van der Waals surface area (Å²) in [7, 11) is -3.55. The lowest BCUT2D eigenvalue weighted by molar-refractivity contribution is -0.119. The summed E-state index contributed by atoms with van der Waals surface area (Å²) in [5.74, 6) is 1.09. The molecular formula is C29H36N4O5S. The zero-order chi connectivity index (χ0) is 27.1. The highest BCUT2D eigenvalue weighted by molar-refractivity contribution is 7.90. The molecule has 2 aromatic heterocycles. The molecule has 10 heteroatoms. The number of hydrogen-bond donors (Lipinski definition) is 1. The average Bonchev–Trinajstić information content (AvgIpc) is 3.72. The van der Waals surface area contributed by atoms with Crippen LogP contribution in [0.5, 0.6) is 0 Å². The second-order valence-corrected chi connectivity index (χ2v) is 13.1. The summed E-state index contributed by atoms with van der Waals surface area (Å²) in [6.45, 7) is 3.30. The van der Waals surface area contributed by atoms with E-state index in [2.05, 4.69) is 5.32 Å². The van der Waals surface area contributed by atoms with Crippen molar-refractivity contribution in [3.8, 4) is 0 Å². The molecule has 9 nitrogen and oxygen atoms in total. The highest BCUT2D eigenvalue weighted by Gasteiger charge is 2.31. The van der Waals surface area contributed by atoms with Gasteiger partial charge in [-0.3, -0.25) is 9.36 Å². The third kappa shape index (κ3) is 5.60. The Morgan fingerprint density at radius 1 is 1.00 bits per heavy atom. The van der Waals surface area contributed by atoms with Crippen LogP contribution in [0.3, 0.4) is 0 Å². The van der Waals surface area contributed by atoms with Gasteiger partial charge < -0.3 is 14.8 Å². The first-order chi connectivity index (χ1) is 18.8. The smallest absolute Gasteiger partial charge is 0.177 e. The summed E-state index contributed by atoms with van der Waals surface area (Å²) < 4.78 is 39.9. The maximum atomic E-state index is 12.9. The van der Waals surface area contributed by atoms with Crippen LogP contribution >= 0.6 is 0 Å². The van der Waals surface area contributed by atoms with Gasteiger partial charge in [-0.1, -0.05) is 6.07 Å². The molecule has 1 aromatic carbocycles. The fourth-order valence-corrected chi connectivity index (χ4v) is 6.58. The molecular weight excluding hydrogens is 516 g/mol. The Bertz CT molecular complexity index is 1500. The molecule has 2 atom stereocenters. The molecule has 1 saturated carbocycles. The first kappa shape index (κ1) is 26.4. The van der Waals surface area contributed by atoms with Gasteiger partial charge in [0.1, 0.15) is 23.4 Å². The van der Waals surface area contributed by atoms with Crippen LogP contribution in [0.4, 0.5) is 11.4 Å². The highest BCUT2D eigenvalue weighted by Crippen LogP contribution is 2.37. The summed E-state index contributed by atoms with van der Waals surface area (Å²) in [6, 6.07) is 7.30. The number of fused-ring (bicyclic) bond motifs is 1. The van der Waals surface area contributed by atoms with E-state index in [1.165, 1.54) is 6.26 Å². The van der Waals surface area contributed by atoms with E-state index in [0.717, 1.165) is 62.8 Å². The van der Waals surface area contributed by atoms with E-state index in [4.69, 9.17) is 19.4 Å². The van der Waals surface area contributed by atoms with Gasteiger partial charge >= 0.3 is 0 Å². The van der Waals surface area contributed by atoms with Gasteiger partial charge in [0.05, 0.1) is 28.1 Å². The summed E-state index contributed by atoms with van der Waals surface area (Å²) in [4.78, 5) is 22.7. The number of pyridine rings is 1. The third-order valence-corrected chi connectivity index (χ3v) is 9.07. The zero-order valence-electron chi connectivity index (χ0n) is 22.6. The lowest BCUT2D eigenvalue weighted by atomic mass is 10.0. The van der Waals surface area contributed by atoms with Gasteiger partial charge in [-0.05, 0) is 82.1 Å². The normalized spacial score (nSPS) is 22.2. The quantitative estimate of drug-likeness (QED) is 0.398. The van der Waals surface area contributed by atoms with Gasteiger partial charge in [-0.2, -0.15) is 0 Å². The average molecular weight is 553 g/mol. The predicted octanol–water partition coefficient (Wildman–Crippen LogP) is 5.35. The zero-order valence-corrected chi connectivity index (χ0v) is 23.4. The number of ketones is 1. The molecule has 6 rings (SSSR count). The van der Waals surface area contributed by atoms with Gasteiger partial charge in [0.2, 0.25) is 0 Å². The standard InChI is InChI=1S/C29H36N4O5S/c1-18-30-28-23(32-22-12-11-20(15-26(22)39(2,35)36)25-7-3-5-13-37-25)16-21(17-24(34)19-9-10-19)31-29(28)33(18)27-8-4-6-14-38-27/h11-12,15-16,19,25,27H,3-10,13-14,17H2,1-2H3,(H,31,32). The van der Waals surface area contributed by atoms with Crippen LogP contribution in [0.2, 0.25) is 0 Å². The number of hydrogen-bond acceptors (Lipinski definition) is 8. The predicted molar refractivity (Wildman–Crippen MR) is 148 cm³/mol. The van der Waals surface area contributed by atoms with E-state index in [1.807, 2.05) is 23.6 Å². The maximum Gasteiger partial charge on any atom is 0.177 e. The largest absolute Gasteiger partial charge is 0.374 e. The Kier molecular flexibility index (Phi) is 7.20. The number of benzene rings is 1. The van der Waals surface area contributed by atoms with Crippen molar-refractivity contribution in [3.63, 3.8) is 0 Å². The lowest BCUT2D eigenvalue weighted by Crippen LogP contribution is -2.19. The van der Waals surface area contributed by atoms with E-state index >= 15 is 0 Å².